The molecule has 5 atom stereocenters. The Morgan fingerprint density at radius 1 is 1.22 bits per heavy atom. The number of nitrogens with two attached hydrogens (primary N) is 1. The van der Waals surface area contributed by atoms with Gasteiger partial charge in [-0.05, 0) is 43.7 Å². The van der Waals surface area contributed by atoms with Crippen molar-refractivity contribution < 1.29 is 19.1 Å². The highest BCUT2D eigenvalue weighted by atomic mass is 16.5. The number of para-hydroxylation sites is 1. The number of benzene rings is 1. The predicted molar refractivity (Wildman–Crippen MR) is 97.0 cm³/mol. The van der Waals surface area contributed by atoms with Crippen molar-refractivity contribution in [2.24, 2.45) is 29.4 Å². The zero-order chi connectivity index (χ0) is 18.8. The second kappa shape index (κ2) is 5.81. The predicted octanol–water partition coefficient (Wildman–Crippen LogP) is 1.77. The Labute approximate surface area is 158 Å². The molecule has 1 saturated heterocycles. The molecule has 2 aliphatic heterocycles. The average Bonchev–Trinajstić information content (AvgIpc) is 3.32. The zero-order valence-electron chi connectivity index (χ0n) is 15.2. The first-order valence-corrected chi connectivity index (χ1v) is 9.89. The van der Waals surface area contributed by atoms with Gasteiger partial charge in [0, 0.05) is 24.9 Å². The SMILES string of the molecule is NC(=O)[C@@H]1CCCN(C(=O)[C@@H]2[C@@H]3CC[C@]4(CC(=O)c5ccccc5O4)[C@@H]32)C1. The van der Waals surface area contributed by atoms with E-state index in [1.54, 1.807) is 0 Å². The van der Waals surface area contributed by atoms with Crippen molar-refractivity contribution in [1.29, 1.82) is 0 Å². The molecule has 1 spiro atoms. The summed E-state index contributed by atoms with van der Waals surface area (Å²) in [6.07, 6.45) is 3.68. The van der Waals surface area contributed by atoms with Crippen LogP contribution in [0.2, 0.25) is 0 Å². The number of primary amides is 1. The molecule has 1 aromatic rings. The lowest BCUT2D eigenvalue weighted by atomic mass is 9.84. The lowest BCUT2D eigenvalue weighted by Gasteiger charge is -2.38. The van der Waals surface area contributed by atoms with Crippen molar-refractivity contribution in [1.82, 2.24) is 4.90 Å². The summed E-state index contributed by atoms with van der Waals surface area (Å²) in [4.78, 5) is 39.1. The van der Waals surface area contributed by atoms with Crippen LogP contribution < -0.4 is 10.5 Å². The summed E-state index contributed by atoms with van der Waals surface area (Å²) in [7, 11) is 0. The van der Waals surface area contributed by atoms with Gasteiger partial charge in [-0.1, -0.05) is 12.1 Å². The van der Waals surface area contributed by atoms with Crippen LogP contribution >= 0.6 is 0 Å². The number of ether oxygens (including phenoxy) is 1. The first kappa shape index (κ1) is 16.8. The van der Waals surface area contributed by atoms with Crippen LogP contribution in [0.25, 0.3) is 0 Å². The number of carbonyl (C=O) groups excluding carboxylic acids is 3. The van der Waals surface area contributed by atoms with Crippen LogP contribution in [0.3, 0.4) is 0 Å². The van der Waals surface area contributed by atoms with Crippen LogP contribution in [-0.2, 0) is 9.59 Å². The second-order valence-electron chi connectivity index (χ2n) is 8.54. The first-order chi connectivity index (χ1) is 13.0. The monoisotopic (exact) mass is 368 g/mol. The van der Waals surface area contributed by atoms with Crippen LogP contribution in [0.5, 0.6) is 5.75 Å². The van der Waals surface area contributed by atoms with Gasteiger partial charge in [0.25, 0.3) is 0 Å². The molecule has 2 heterocycles. The number of hydrogen-bond acceptors (Lipinski definition) is 4. The number of nitrogens with zero attached hydrogens (tertiary/aromatic N) is 1. The van der Waals surface area contributed by atoms with Crippen molar-refractivity contribution in [3.8, 4) is 5.75 Å². The van der Waals surface area contributed by atoms with Crippen LogP contribution in [0, 0.1) is 23.7 Å². The molecule has 1 aromatic carbocycles. The molecule has 142 valence electrons. The molecule has 0 aromatic heterocycles. The summed E-state index contributed by atoms with van der Waals surface area (Å²) in [5, 5.41) is 0. The minimum absolute atomic E-state index is 0.0801. The molecule has 0 radical (unpaired) electrons. The number of piperidine rings is 1. The molecule has 5 rings (SSSR count). The highest BCUT2D eigenvalue weighted by Gasteiger charge is 2.71. The van der Waals surface area contributed by atoms with E-state index < -0.39 is 5.60 Å². The Kier molecular flexibility index (Phi) is 3.61. The Morgan fingerprint density at radius 2 is 2.04 bits per heavy atom. The van der Waals surface area contributed by atoms with Gasteiger partial charge in [0.2, 0.25) is 11.8 Å². The number of ketones is 1. The number of rotatable bonds is 2. The first-order valence-electron chi connectivity index (χ1n) is 9.89. The molecule has 3 fully saturated rings. The number of hydrogen-bond donors (Lipinski definition) is 1. The van der Waals surface area contributed by atoms with Crippen LogP contribution in [0.4, 0.5) is 0 Å². The maximum atomic E-state index is 13.1. The van der Waals surface area contributed by atoms with E-state index in [1.807, 2.05) is 29.2 Å². The minimum Gasteiger partial charge on any atom is -0.486 e. The maximum absolute atomic E-state index is 13.1. The Balaban J connectivity index is 1.35. The average molecular weight is 368 g/mol. The number of fused-ring (bicyclic) bond motifs is 3. The van der Waals surface area contributed by atoms with Crippen LogP contribution in [-0.4, -0.2) is 41.2 Å². The summed E-state index contributed by atoms with van der Waals surface area (Å²) in [6, 6.07) is 7.39. The van der Waals surface area contributed by atoms with Crippen LogP contribution in [0.15, 0.2) is 24.3 Å². The normalized spacial score (nSPS) is 36.7. The van der Waals surface area contributed by atoms with Gasteiger partial charge in [-0.2, -0.15) is 0 Å². The Bertz CT molecular complexity index is 837. The third-order valence-corrected chi connectivity index (χ3v) is 7.06. The van der Waals surface area contributed by atoms with Crippen molar-refractivity contribution in [2.75, 3.05) is 13.1 Å². The summed E-state index contributed by atoms with van der Waals surface area (Å²) in [5.74, 6) is 0.642. The quantitative estimate of drug-likeness (QED) is 0.861. The van der Waals surface area contributed by atoms with Gasteiger partial charge in [0.1, 0.15) is 11.4 Å². The van der Waals surface area contributed by atoms with Gasteiger partial charge in [-0.15, -0.1) is 0 Å². The molecule has 2 N–H and O–H groups in total. The number of carbonyl (C=O) groups is 3. The number of likely N-dealkylation sites (tertiary alicyclic amines) is 1. The molecule has 2 amide bonds. The van der Waals surface area contributed by atoms with E-state index in [-0.39, 0.29) is 35.4 Å². The van der Waals surface area contributed by atoms with E-state index in [1.165, 1.54) is 0 Å². The van der Waals surface area contributed by atoms with E-state index in [4.69, 9.17) is 10.5 Å². The molecule has 4 aliphatic rings. The van der Waals surface area contributed by atoms with Gasteiger partial charge in [-0.25, -0.2) is 0 Å². The maximum Gasteiger partial charge on any atom is 0.226 e. The smallest absolute Gasteiger partial charge is 0.226 e. The van der Waals surface area contributed by atoms with Gasteiger partial charge >= 0.3 is 0 Å². The van der Waals surface area contributed by atoms with E-state index in [9.17, 15) is 14.4 Å². The lowest BCUT2D eigenvalue weighted by Crippen LogP contribution is -2.47. The summed E-state index contributed by atoms with van der Waals surface area (Å²) >= 11 is 0. The van der Waals surface area contributed by atoms with Crippen molar-refractivity contribution >= 4 is 17.6 Å². The van der Waals surface area contributed by atoms with E-state index >= 15 is 0 Å². The summed E-state index contributed by atoms with van der Waals surface area (Å²) in [6.45, 7) is 1.12. The van der Waals surface area contributed by atoms with Crippen molar-refractivity contribution in [2.45, 2.75) is 37.7 Å². The molecule has 0 unspecified atom stereocenters. The lowest BCUT2D eigenvalue weighted by molar-refractivity contribution is -0.137. The largest absolute Gasteiger partial charge is 0.486 e. The van der Waals surface area contributed by atoms with Gasteiger partial charge < -0.3 is 15.4 Å². The molecule has 6 heteroatoms. The fourth-order valence-corrected chi connectivity index (χ4v) is 5.72. The third kappa shape index (κ3) is 2.49. The second-order valence-corrected chi connectivity index (χ2v) is 8.54. The molecular formula is C21H24N2O4. The summed E-state index contributed by atoms with van der Waals surface area (Å²) < 4.78 is 6.37. The molecule has 0 bridgehead atoms. The fraction of sp³-hybridized carbons (Fsp3) is 0.571. The van der Waals surface area contributed by atoms with Crippen molar-refractivity contribution in [3.63, 3.8) is 0 Å². The molecule has 2 saturated carbocycles. The molecule has 27 heavy (non-hydrogen) atoms. The number of amides is 2. The minimum atomic E-state index is -0.532. The topological polar surface area (TPSA) is 89.7 Å². The van der Waals surface area contributed by atoms with Crippen LogP contribution in [0.1, 0.15) is 42.5 Å². The van der Waals surface area contributed by atoms with E-state index in [2.05, 4.69) is 0 Å². The molecular weight excluding hydrogens is 344 g/mol. The Hall–Kier alpha value is -2.37. The van der Waals surface area contributed by atoms with Gasteiger partial charge in [0.05, 0.1) is 17.9 Å². The Morgan fingerprint density at radius 3 is 2.85 bits per heavy atom. The molecule has 6 nitrogen and oxygen atoms in total. The van der Waals surface area contributed by atoms with E-state index in [0.29, 0.717) is 36.7 Å². The molecule has 2 aliphatic carbocycles. The summed E-state index contributed by atoms with van der Waals surface area (Å²) in [5.41, 5.74) is 5.57. The highest BCUT2D eigenvalue weighted by Crippen LogP contribution is 2.66. The zero-order valence-corrected chi connectivity index (χ0v) is 15.2. The van der Waals surface area contributed by atoms with Gasteiger partial charge in [-0.3, -0.25) is 14.4 Å². The van der Waals surface area contributed by atoms with Crippen molar-refractivity contribution in [3.05, 3.63) is 29.8 Å². The highest BCUT2D eigenvalue weighted by molar-refractivity contribution is 6.00. The standard InChI is InChI=1S/C21H24N2O4/c22-19(25)12-4-3-9-23(11-12)20(26)17-14-7-8-21(18(14)17)10-15(24)13-5-1-2-6-16(13)27-21/h1-2,5-6,12,14,17-18H,3-4,7-11H2,(H2,22,25)/t12-,14+,17-,18+,21+/m1/s1. The fourth-order valence-electron chi connectivity index (χ4n) is 5.72. The third-order valence-electron chi connectivity index (χ3n) is 7.06. The van der Waals surface area contributed by atoms with E-state index in [0.717, 1.165) is 25.7 Å². The number of Topliss-reactive ketones (excluding diaryl/α,β-unsaturated/α-hetero) is 1. The van der Waals surface area contributed by atoms with Gasteiger partial charge in [0.15, 0.2) is 5.78 Å².